The minimum atomic E-state index is -0.354. The number of carbonyl (C=O) groups is 1. The predicted molar refractivity (Wildman–Crippen MR) is 521 cm³/mol. The quantitative estimate of drug-likeness (QED) is 0.0339. The van der Waals surface area contributed by atoms with Crippen LogP contribution in [0.5, 0.6) is 46.0 Å². The molecule has 0 unspecified atom stereocenters. The number of azo groups is 1. The molecule has 2 aliphatic carbocycles. The number of nitrogens with zero attached hydrogens (tertiary/aromatic N) is 18. The van der Waals surface area contributed by atoms with Gasteiger partial charge in [0.05, 0.1) is 121 Å². The lowest BCUT2D eigenvalue weighted by atomic mass is 9.91. The number of benzene rings is 1. The number of aryl methyl sites for hydroxylation is 8. The molecule has 0 bridgehead atoms. The summed E-state index contributed by atoms with van der Waals surface area (Å²) in [6.07, 6.45) is 22.3. The van der Waals surface area contributed by atoms with E-state index >= 15 is 0 Å². The van der Waals surface area contributed by atoms with Crippen LogP contribution in [0.1, 0.15) is 163 Å². The van der Waals surface area contributed by atoms with E-state index in [0.29, 0.717) is 146 Å². The number of hydrogen-bond acceptors (Lipinski definition) is 37. The highest BCUT2D eigenvalue weighted by atomic mass is 32.1. The maximum Gasteiger partial charge on any atom is 0.294 e. The largest absolute Gasteiger partial charge is 0.490 e. The predicted octanol–water partition coefficient (Wildman–Crippen LogP) is 11.1. The molecule has 1 atom stereocenters. The maximum absolute atomic E-state index is 13.0. The number of allylic oxidation sites excluding steroid dienone is 4. The van der Waals surface area contributed by atoms with Gasteiger partial charge in [-0.1, -0.05) is 86.2 Å². The van der Waals surface area contributed by atoms with E-state index in [9.17, 15) is 43.2 Å². The Labute approximate surface area is 805 Å². The van der Waals surface area contributed by atoms with E-state index in [-0.39, 0.29) is 102 Å². The molecule has 10 N–H and O–H groups in total. The Morgan fingerprint density at radius 3 is 1.42 bits per heavy atom. The highest BCUT2D eigenvalue weighted by Gasteiger charge is 2.35. The van der Waals surface area contributed by atoms with Gasteiger partial charge in [0.1, 0.15) is 51.7 Å². The number of amides is 1. The van der Waals surface area contributed by atoms with Gasteiger partial charge in [0.2, 0.25) is 51.9 Å². The van der Waals surface area contributed by atoms with Crippen LogP contribution in [0.3, 0.4) is 0 Å². The molecular formula is C91H106N28O17S3. The Morgan fingerprint density at radius 1 is 0.489 bits per heavy atom. The second-order valence-electron chi connectivity index (χ2n) is 32.2. The van der Waals surface area contributed by atoms with Crippen molar-refractivity contribution in [1.82, 2.24) is 129 Å². The molecule has 1 saturated heterocycles. The lowest BCUT2D eigenvalue weighted by molar-refractivity contribution is -0.134. The van der Waals surface area contributed by atoms with Crippen LogP contribution in [-0.2, 0) is 11.2 Å². The molecule has 2 aliphatic heterocycles. The number of ether oxygens (including phenoxy) is 8. The summed E-state index contributed by atoms with van der Waals surface area (Å²) >= 11 is 4.16. The van der Waals surface area contributed by atoms with Gasteiger partial charge < -0.3 is 87.7 Å². The number of imidazole rings is 1. The molecular weight excluding hydrogens is 1850 g/mol. The van der Waals surface area contributed by atoms with E-state index in [1.165, 1.54) is 121 Å². The maximum atomic E-state index is 13.0. The number of nitrogens with one attached hydrogen (secondary N) is 10. The third-order valence-corrected chi connectivity index (χ3v) is 23.1. The van der Waals surface area contributed by atoms with Crippen LogP contribution in [-0.4, -0.2) is 205 Å². The number of likely N-dealkylation sites (tertiary alicyclic amines) is 1. The summed E-state index contributed by atoms with van der Waals surface area (Å²) in [5.41, 5.74) is 9.21. The third-order valence-electron chi connectivity index (χ3n) is 21.0. The molecule has 1 aromatic carbocycles. The Morgan fingerprint density at radius 2 is 0.971 bits per heavy atom. The van der Waals surface area contributed by atoms with Crippen molar-refractivity contribution in [3.8, 4) is 103 Å². The van der Waals surface area contributed by atoms with Crippen LogP contribution in [0.4, 0.5) is 0 Å². The van der Waals surface area contributed by atoms with Gasteiger partial charge in [-0.15, -0.1) is 27.8 Å². The Hall–Kier alpha value is -15.9. The number of H-pyrrole nitrogens is 10. The number of methoxy groups -OCH3 is 8. The number of carbonyl (C=O) groups excluding carboxylic acids is 1. The van der Waals surface area contributed by atoms with Crippen molar-refractivity contribution in [2.45, 2.75) is 146 Å². The number of thiazole rings is 2. The van der Waals surface area contributed by atoms with E-state index in [0.717, 1.165) is 60.4 Å². The molecule has 15 heterocycles. The van der Waals surface area contributed by atoms with Crippen molar-refractivity contribution in [1.29, 1.82) is 0 Å². The van der Waals surface area contributed by atoms with E-state index in [1.54, 1.807) is 71.0 Å². The van der Waals surface area contributed by atoms with Gasteiger partial charge in [-0.3, -0.25) is 48.2 Å². The van der Waals surface area contributed by atoms with Crippen LogP contribution < -0.4 is 82.4 Å². The summed E-state index contributed by atoms with van der Waals surface area (Å²) in [5.74, 6) is 7.45. The second-order valence-corrected chi connectivity index (χ2v) is 34.6. The number of rotatable bonds is 20. The van der Waals surface area contributed by atoms with Gasteiger partial charge in [-0.2, -0.15) is 15.3 Å². The first-order chi connectivity index (χ1) is 66.7. The van der Waals surface area contributed by atoms with E-state index < -0.39 is 0 Å². The van der Waals surface area contributed by atoms with Crippen molar-refractivity contribution in [3.63, 3.8) is 0 Å². The summed E-state index contributed by atoms with van der Waals surface area (Å²) in [7, 11) is 11.6. The van der Waals surface area contributed by atoms with E-state index in [2.05, 4.69) is 182 Å². The Balaban J connectivity index is 0.000000156. The first-order valence-corrected chi connectivity index (χ1v) is 45.7. The Kier molecular flexibility index (Phi) is 36.2. The molecule has 1 saturated carbocycles. The summed E-state index contributed by atoms with van der Waals surface area (Å²) in [6.45, 7) is 21.5. The summed E-state index contributed by atoms with van der Waals surface area (Å²) in [4.78, 5) is 185. The van der Waals surface area contributed by atoms with Crippen molar-refractivity contribution in [2.75, 3.05) is 70.0 Å². The molecule has 2 fully saturated rings. The van der Waals surface area contributed by atoms with Gasteiger partial charge in [0.25, 0.3) is 44.5 Å². The standard InChI is InChI=1S/C26H32N4O3S.C11H16N2O2.C11H12N2O2.2C9H10N4O2.C9H9N3O2S.C8H9N5O2.C8H8N4O2S/c1-16-8-10-17(11-9-16)13-18-15-27-25(34-18)21-22(33-5)24(32)29-23(28-21)19-7-6-12-30(19)20(31)14-26(2,3)4;2*1-7-9(15-2)11(14)13-10(12-7)8-5-3-4-6-8;1-5-7(15-2)9(14)13-8(12-5)6-3-10-11-4-6;1-5-6(15-2)9(14)13-8(12-5)7-10-3-4-11-7;1-5-7(14-2)9(13)12-8(11-5)6-3-15-4-10-6;1-4-5(15-2)8(14)12-7(11-4)6-9-3-10-13-6;1-4-6(14-2)8(13)10-7(9-4)5-3-15-12-11-5/h8-11,15,19H,6-7,12-14H2,1-5H3,(H,28,29,32);8H,3-6H2,1-2H3,(H,12,13,14);3-5H,6H2,1-2H3,(H,12,13,14);3H,4H2,1-2H3,(H,12,13,14);3-4H,1-2H3,(H,10,11)(H,12,13,14);3-4H,1-2H3,(H,11,12,13);3H,1-2H3,(H,9,10,13)(H,11,12,14);3H,1-2H3,(H,9,10,13)/t19-;;;;;;;/m1......./s1. The first-order valence-electron chi connectivity index (χ1n) is 43.2. The van der Waals surface area contributed by atoms with Gasteiger partial charge in [0.15, 0.2) is 34.9 Å². The zero-order valence-electron chi connectivity index (χ0n) is 79.8. The SMILES string of the molecule is COc1c(-c2ncc(Cc3ccc(C)cc3)s2)nc([C@H]2CCCN2C(=O)CC(C)(C)C)[nH]c1=O.COc1c(C)nc(-c2cscn2)[nH]c1=O.COc1c(C)nc(-c2csnn2)[nH]c1=O.COc1c(C)nc(-c2ncc[nH]2)[nH]c1=O.COc1c(C)nc(-c2ncn[nH]2)[nH]c1=O.COc1c(C)nc(C2=CC=CC2)[nH]c1=O.COc1c(C)nc(C2=CN=NC2)[nH]c1=O.COc1c(C)nc(C2CCCC2)[nH]c1=O. The second kappa shape index (κ2) is 48.5. The molecule has 18 rings (SSSR count). The molecule has 14 aromatic rings. The summed E-state index contributed by atoms with van der Waals surface area (Å²) in [6, 6.07) is 8.17. The van der Waals surface area contributed by atoms with Crippen molar-refractivity contribution in [3.05, 3.63) is 252 Å². The summed E-state index contributed by atoms with van der Waals surface area (Å²) in [5, 5.41) is 21.8. The van der Waals surface area contributed by atoms with E-state index in [1.807, 2.05) is 41.6 Å². The van der Waals surface area contributed by atoms with Crippen LogP contribution in [0.2, 0.25) is 0 Å². The molecule has 4 aliphatic rings. The molecule has 139 heavy (non-hydrogen) atoms. The minimum absolute atomic E-state index is 0.0876. The fourth-order valence-corrected chi connectivity index (χ4v) is 16.4. The molecule has 13 aromatic heterocycles. The minimum Gasteiger partial charge on any atom is -0.490 e. The number of aromatic amines is 10. The van der Waals surface area contributed by atoms with Gasteiger partial charge in [-0.05, 0) is 116 Å². The van der Waals surface area contributed by atoms with Crippen molar-refractivity contribution in [2.24, 2.45) is 15.6 Å². The van der Waals surface area contributed by atoms with Crippen LogP contribution in [0, 0.1) is 60.8 Å². The fraction of sp³-hybridized carbons (Fsp3) is 0.363. The molecule has 45 nitrogen and oxygen atoms in total. The average Bonchev–Trinajstić information content (AvgIpc) is 1.66. The lowest BCUT2D eigenvalue weighted by Crippen LogP contribution is -2.34. The molecule has 48 heteroatoms. The van der Waals surface area contributed by atoms with E-state index in [4.69, 9.17) is 42.9 Å². The Bertz CT molecular complexity index is 6720. The van der Waals surface area contributed by atoms with Crippen LogP contribution in [0.25, 0.3) is 68.2 Å². The summed E-state index contributed by atoms with van der Waals surface area (Å²) < 4.78 is 43.6. The van der Waals surface area contributed by atoms with Crippen molar-refractivity contribution < 1.29 is 42.7 Å². The molecule has 0 radical (unpaired) electrons. The molecule has 1 amide bonds. The smallest absolute Gasteiger partial charge is 0.294 e. The zero-order chi connectivity index (χ0) is 100. The van der Waals surface area contributed by atoms with Gasteiger partial charge in [0, 0.05) is 65.1 Å². The first kappa shape index (κ1) is 104. The third kappa shape index (κ3) is 27.1. The van der Waals surface area contributed by atoms with Crippen molar-refractivity contribution >= 4 is 51.3 Å². The number of aromatic nitrogens is 25. The lowest BCUT2D eigenvalue weighted by Gasteiger charge is -2.27. The number of hydrogen-bond donors (Lipinski definition) is 10. The highest BCUT2D eigenvalue weighted by Crippen LogP contribution is 2.37. The monoisotopic (exact) mass is 1960 g/mol. The van der Waals surface area contributed by atoms with Gasteiger partial charge in [-0.25, -0.2) is 59.8 Å². The van der Waals surface area contributed by atoms with Gasteiger partial charge >= 0.3 is 0 Å². The zero-order valence-corrected chi connectivity index (χ0v) is 82.3. The normalized spacial score (nSPS) is 13.3. The van der Waals surface area contributed by atoms with Crippen LogP contribution in [0.15, 0.2) is 138 Å². The van der Waals surface area contributed by atoms with Crippen LogP contribution >= 0.6 is 34.2 Å². The molecule has 730 valence electrons. The molecule has 0 spiro atoms. The highest BCUT2D eigenvalue weighted by molar-refractivity contribution is 7.15. The average molecular weight is 1960 g/mol. The fourth-order valence-electron chi connectivity index (χ4n) is 14.5. The topological polar surface area (TPSA) is 607 Å².